The molecule has 26 heteroatoms. The van der Waals surface area contributed by atoms with Crippen LogP contribution in [-0.2, 0) is 42.0 Å². The third-order valence-corrected chi connectivity index (χ3v) is 20.4. The summed E-state index contributed by atoms with van der Waals surface area (Å²) in [6.07, 6.45) is -2.56. The fourth-order valence-electron chi connectivity index (χ4n) is 11.7. The van der Waals surface area contributed by atoms with Crippen LogP contribution in [0.5, 0.6) is 0 Å². The van der Waals surface area contributed by atoms with E-state index in [1.165, 1.54) is 24.3 Å². The summed E-state index contributed by atoms with van der Waals surface area (Å²) in [6.45, 7) is 14.6. The van der Waals surface area contributed by atoms with E-state index >= 15 is 0 Å². The summed E-state index contributed by atoms with van der Waals surface area (Å²) in [5.41, 5.74) is 15.0. The van der Waals surface area contributed by atoms with E-state index in [1.54, 1.807) is 62.4 Å². The second-order valence-corrected chi connectivity index (χ2v) is 27.4. The van der Waals surface area contributed by atoms with E-state index in [1.807, 2.05) is 12.1 Å². The van der Waals surface area contributed by atoms with Crippen LogP contribution in [-0.4, -0.2) is 97.0 Å². The number of ether oxygens (including phenoxy) is 2. The van der Waals surface area contributed by atoms with E-state index in [2.05, 4.69) is 46.1 Å². The van der Waals surface area contributed by atoms with Gasteiger partial charge in [-0.05, 0) is 161 Å². The highest BCUT2D eigenvalue weighted by molar-refractivity contribution is 7.91. The number of sulfone groups is 2. The molecule has 0 saturated heterocycles. The van der Waals surface area contributed by atoms with E-state index < -0.39 is 79.9 Å². The van der Waals surface area contributed by atoms with Crippen LogP contribution in [0.15, 0.2) is 121 Å². The molecule has 4 fully saturated rings. The molecule has 10 rings (SSSR count). The van der Waals surface area contributed by atoms with E-state index in [-0.39, 0.29) is 72.0 Å². The molecular weight excluding hydrogens is 1220 g/mol. The summed E-state index contributed by atoms with van der Waals surface area (Å²) in [5, 5.41) is 5.67. The number of alkyl halides is 6. The first-order valence-corrected chi connectivity index (χ1v) is 33.3. The minimum absolute atomic E-state index is 0.0584. The molecule has 90 heavy (non-hydrogen) atoms. The van der Waals surface area contributed by atoms with Crippen molar-refractivity contribution in [3.8, 4) is 0 Å². The van der Waals surface area contributed by atoms with E-state index in [0.29, 0.717) is 83.9 Å². The average molecular weight is 1300 g/mol. The van der Waals surface area contributed by atoms with Gasteiger partial charge < -0.3 is 40.7 Å². The lowest BCUT2D eigenvalue weighted by Crippen LogP contribution is -2.33. The van der Waals surface area contributed by atoms with Crippen molar-refractivity contribution in [2.24, 2.45) is 35.1 Å². The first-order chi connectivity index (χ1) is 42.7. The number of halogens is 6. The maximum atomic E-state index is 13.4. The summed E-state index contributed by atoms with van der Waals surface area (Å²) in [5.74, 6) is -1.58. The number of hydrogen-bond acceptors (Lipinski definition) is 12. The Morgan fingerprint density at radius 2 is 0.856 bits per heavy atom. The molecule has 0 spiro atoms. The van der Waals surface area contributed by atoms with Gasteiger partial charge in [-0.2, -0.15) is 26.3 Å². The number of nitrogens with zero attached hydrogens (tertiary/aromatic N) is 4. The molecule has 2 heterocycles. The zero-order valence-electron chi connectivity index (χ0n) is 50.4. The number of benzene rings is 4. The van der Waals surface area contributed by atoms with Gasteiger partial charge in [0.2, 0.25) is 0 Å². The molecule has 4 aromatic carbocycles. The van der Waals surface area contributed by atoms with Crippen LogP contribution >= 0.6 is 0 Å². The number of carbonyl (C=O) groups is 4. The van der Waals surface area contributed by atoms with E-state index in [4.69, 9.17) is 30.9 Å². The fraction of sp³-hybridized carbons (Fsp3) is 0.469. The molecule has 488 valence electrons. The predicted octanol–water partition coefficient (Wildman–Crippen LogP) is 12.9. The Bertz CT molecular complexity index is 3460. The lowest BCUT2D eigenvalue weighted by atomic mass is 9.80. The monoisotopic (exact) mass is 1300 g/mol. The van der Waals surface area contributed by atoms with Crippen molar-refractivity contribution in [2.45, 2.75) is 150 Å². The Balaban J connectivity index is 0.000000243. The van der Waals surface area contributed by atoms with Crippen molar-refractivity contribution in [1.29, 1.82) is 0 Å². The average Bonchev–Trinajstić information content (AvgIpc) is 1.69. The molecule has 6 N–H and O–H groups in total. The number of rotatable bonds is 20. The highest BCUT2D eigenvalue weighted by atomic mass is 32.2. The van der Waals surface area contributed by atoms with Crippen LogP contribution in [0.25, 0.3) is 22.1 Å². The van der Waals surface area contributed by atoms with Crippen LogP contribution in [0.1, 0.15) is 159 Å². The van der Waals surface area contributed by atoms with Gasteiger partial charge in [-0.3, -0.25) is 9.59 Å². The zero-order chi connectivity index (χ0) is 65.9. The molecule has 2 atom stereocenters. The number of aromatic nitrogens is 4. The molecule has 6 aromatic rings. The van der Waals surface area contributed by atoms with Gasteiger partial charge in [0.25, 0.3) is 11.8 Å². The smallest absolute Gasteiger partial charge is 0.404 e. The third kappa shape index (κ3) is 17.8. The Hall–Kier alpha value is -7.74. The highest BCUT2D eigenvalue weighted by Crippen LogP contribution is 2.45. The molecule has 0 bridgehead atoms. The van der Waals surface area contributed by atoms with Crippen molar-refractivity contribution in [2.75, 3.05) is 24.7 Å². The van der Waals surface area contributed by atoms with Gasteiger partial charge in [-0.25, -0.2) is 36.4 Å². The summed E-state index contributed by atoms with van der Waals surface area (Å²) < 4.78 is 142. The number of primary amides is 2. The van der Waals surface area contributed by atoms with Gasteiger partial charge in [-0.15, -0.1) is 26.3 Å². The highest BCUT2D eigenvalue weighted by Gasteiger charge is 2.43. The Labute approximate surface area is 520 Å². The quantitative estimate of drug-likeness (QED) is 0.0411. The van der Waals surface area contributed by atoms with Gasteiger partial charge >= 0.3 is 24.5 Å². The van der Waals surface area contributed by atoms with Crippen LogP contribution in [0.4, 0.5) is 35.9 Å². The second-order valence-electron chi connectivity index (χ2n) is 22.8. The maximum absolute atomic E-state index is 13.4. The molecule has 18 nitrogen and oxygen atoms in total. The number of fused-ring (bicyclic) bond motifs is 2. The molecule has 2 aromatic heterocycles. The standard InChI is InChI=1S/2C30H35F3N4O5S.2C2H4/c2*1-2-43(40,41)23-12-5-19(6-13-23)25(17-42-29(34)39)36-28(38)20-7-14-26-24(16-20)35-27(37(26)22-10-11-22)15-18-3-8-21(9-4-18)30(31,32)33;2*1-2/h2*5-7,12-14,16,18,21-22,25H,2-4,8-11,15,17H2,1H3,(H2,34,39)(H,36,38);2*1-2H2/t2*18?,21?,25-;;/m10../s1. The van der Waals surface area contributed by atoms with E-state index in [9.17, 15) is 62.4 Å². The number of amides is 4. The van der Waals surface area contributed by atoms with Gasteiger partial charge in [0.1, 0.15) is 24.9 Å². The van der Waals surface area contributed by atoms with Crippen LogP contribution in [0.3, 0.4) is 0 Å². The molecular formula is C64H78F6N8O10S2. The van der Waals surface area contributed by atoms with Crippen molar-refractivity contribution in [3.63, 3.8) is 0 Å². The number of nitrogens with two attached hydrogens (primary N) is 2. The third-order valence-electron chi connectivity index (χ3n) is 16.9. The Kier molecular flexibility index (Phi) is 23.2. The summed E-state index contributed by atoms with van der Waals surface area (Å²) in [7, 11) is -6.84. The molecule has 4 aliphatic rings. The SMILES string of the molecule is C=C.C=C.CCS(=O)(=O)c1ccc([C@@H](COC(N)=O)NC(=O)c2ccc3c(c2)nc(CC2CCC(C(F)(F)F)CC2)n3C2CC2)cc1.CCS(=O)(=O)c1ccc([C@H](COC(N)=O)NC(=O)c2ccc3c(c2)nc(CC2CCC(C(F)(F)F)CC2)n3C2CC2)cc1. The number of nitrogens with one attached hydrogen (secondary N) is 2. The van der Waals surface area contributed by atoms with Gasteiger partial charge in [-0.1, -0.05) is 38.1 Å². The van der Waals surface area contributed by atoms with Crippen molar-refractivity contribution in [3.05, 3.63) is 145 Å². The lowest BCUT2D eigenvalue weighted by Gasteiger charge is -2.29. The van der Waals surface area contributed by atoms with Crippen LogP contribution < -0.4 is 22.1 Å². The molecule has 4 amide bonds. The number of imidazole rings is 2. The topological polar surface area (TPSA) is 267 Å². The molecule has 4 aliphatic carbocycles. The molecule has 0 unspecified atom stereocenters. The predicted molar refractivity (Wildman–Crippen MR) is 329 cm³/mol. The zero-order valence-corrected chi connectivity index (χ0v) is 52.0. The largest absolute Gasteiger partial charge is 0.447 e. The Morgan fingerprint density at radius 3 is 1.13 bits per heavy atom. The minimum Gasteiger partial charge on any atom is -0.447 e. The number of hydrogen-bond donors (Lipinski definition) is 4. The fourth-order valence-corrected chi connectivity index (χ4v) is 13.4. The van der Waals surface area contributed by atoms with Gasteiger partial charge in [0, 0.05) is 36.1 Å². The normalized spacial score (nSPS) is 19.3. The van der Waals surface area contributed by atoms with Crippen molar-refractivity contribution in [1.82, 2.24) is 29.7 Å². The number of carbonyl (C=O) groups excluding carboxylic acids is 4. The van der Waals surface area contributed by atoms with Gasteiger partial charge in [0.15, 0.2) is 19.7 Å². The molecule has 0 radical (unpaired) electrons. The van der Waals surface area contributed by atoms with Crippen LogP contribution in [0, 0.1) is 23.7 Å². The van der Waals surface area contributed by atoms with Crippen LogP contribution in [0.2, 0.25) is 0 Å². The first-order valence-electron chi connectivity index (χ1n) is 30.0. The molecule has 4 saturated carbocycles. The summed E-state index contributed by atoms with van der Waals surface area (Å²) >= 11 is 0. The molecule has 0 aliphatic heterocycles. The summed E-state index contributed by atoms with van der Waals surface area (Å²) in [6, 6.07) is 21.3. The first kappa shape index (κ1) is 69.7. The second kappa shape index (κ2) is 29.9. The maximum Gasteiger partial charge on any atom is 0.404 e. The van der Waals surface area contributed by atoms with E-state index in [0.717, 1.165) is 48.4 Å². The lowest BCUT2D eigenvalue weighted by molar-refractivity contribution is -0.184. The van der Waals surface area contributed by atoms with Crippen molar-refractivity contribution < 1.29 is 71.8 Å². The summed E-state index contributed by atoms with van der Waals surface area (Å²) in [4.78, 5) is 59.3. The van der Waals surface area contributed by atoms with Crippen molar-refractivity contribution >= 4 is 65.7 Å². The van der Waals surface area contributed by atoms with Gasteiger partial charge in [0.05, 0.1) is 67.3 Å². The minimum atomic E-state index is -4.15. The Morgan fingerprint density at radius 1 is 0.533 bits per heavy atom.